The van der Waals surface area contributed by atoms with Crippen LogP contribution in [0, 0.1) is 0 Å². The van der Waals surface area contributed by atoms with Crippen LogP contribution in [0.3, 0.4) is 0 Å². The maximum atomic E-state index is 8.75. The number of aliphatic hydroxyl groups excluding tert-OH is 1. The van der Waals surface area contributed by atoms with Crippen LogP contribution in [-0.2, 0) is 4.43 Å². The van der Waals surface area contributed by atoms with Gasteiger partial charge in [-0.25, -0.2) is 0 Å². The Bertz CT molecular complexity index is 166. The highest BCUT2D eigenvalue weighted by molar-refractivity contribution is 6.74. The van der Waals surface area contributed by atoms with Crippen LogP contribution in [0.1, 0.15) is 27.2 Å². The SMILES string of the molecule is CC(C)(C)[Si](C)(C)OCCC(Cl)CO. The Morgan fingerprint density at radius 3 is 2.21 bits per heavy atom. The van der Waals surface area contributed by atoms with Gasteiger partial charge in [0.15, 0.2) is 8.32 Å². The summed E-state index contributed by atoms with van der Waals surface area (Å²) in [5, 5.41) is 8.83. The standard InChI is InChI=1S/C10H23ClO2Si/c1-10(2,3)14(4,5)13-7-6-9(11)8-12/h9,12H,6-8H2,1-5H3. The highest BCUT2D eigenvalue weighted by atomic mass is 35.5. The van der Waals surface area contributed by atoms with Gasteiger partial charge in [0.05, 0.1) is 12.0 Å². The molecule has 0 aliphatic carbocycles. The third-order valence-electron chi connectivity index (χ3n) is 2.90. The van der Waals surface area contributed by atoms with Crippen molar-refractivity contribution in [3.8, 4) is 0 Å². The minimum Gasteiger partial charge on any atom is -0.417 e. The summed E-state index contributed by atoms with van der Waals surface area (Å²) < 4.78 is 5.91. The van der Waals surface area contributed by atoms with E-state index in [2.05, 4.69) is 33.9 Å². The fraction of sp³-hybridized carbons (Fsp3) is 1.00. The highest BCUT2D eigenvalue weighted by Gasteiger charge is 2.36. The van der Waals surface area contributed by atoms with Gasteiger partial charge in [-0.1, -0.05) is 20.8 Å². The van der Waals surface area contributed by atoms with E-state index in [1.165, 1.54) is 0 Å². The van der Waals surface area contributed by atoms with Crippen molar-refractivity contribution in [2.24, 2.45) is 0 Å². The Kier molecular flexibility index (Phi) is 5.66. The molecule has 0 heterocycles. The molecule has 0 fully saturated rings. The van der Waals surface area contributed by atoms with Crippen LogP contribution in [0.15, 0.2) is 0 Å². The average Bonchev–Trinajstić information content (AvgIpc) is 2.01. The maximum Gasteiger partial charge on any atom is 0.191 e. The molecule has 0 aliphatic rings. The van der Waals surface area contributed by atoms with Gasteiger partial charge >= 0.3 is 0 Å². The molecule has 2 nitrogen and oxygen atoms in total. The van der Waals surface area contributed by atoms with Crippen LogP contribution in [0.2, 0.25) is 18.1 Å². The zero-order chi connectivity index (χ0) is 11.4. The summed E-state index contributed by atoms with van der Waals surface area (Å²) in [5.41, 5.74) is 0. The smallest absolute Gasteiger partial charge is 0.191 e. The summed E-state index contributed by atoms with van der Waals surface area (Å²) >= 11 is 5.79. The van der Waals surface area contributed by atoms with Gasteiger partial charge in [0.25, 0.3) is 0 Å². The predicted molar refractivity (Wildman–Crippen MR) is 64.5 cm³/mol. The Hall–Kier alpha value is 0.427. The number of halogens is 1. The molecule has 0 aliphatic heterocycles. The first kappa shape index (κ1) is 14.4. The summed E-state index contributed by atoms with van der Waals surface area (Å²) in [6.45, 7) is 11.8. The molecule has 0 bridgehead atoms. The molecule has 0 aromatic heterocycles. The Labute approximate surface area is 93.7 Å². The number of aliphatic hydroxyl groups is 1. The average molecular weight is 239 g/mol. The topological polar surface area (TPSA) is 29.5 Å². The van der Waals surface area contributed by atoms with Gasteiger partial charge in [0, 0.05) is 6.61 Å². The van der Waals surface area contributed by atoms with Gasteiger partial charge in [0.1, 0.15) is 0 Å². The summed E-state index contributed by atoms with van der Waals surface area (Å²) in [6.07, 6.45) is 0.727. The largest absolute Gasteiger partial charge is 0.417 e. The predicted octanol–water partition coefficient (Wildman–Crippen LogP) is 3.00. The van der Waals surface area contributed by atoms with Crippen molar-refractivity contribution in [3.05, 3.63) is 0 Å². The molecule has 0 rings (SSSR count). The fourth-order valence-electron chi connectivity index (χ4n) is 0.750. The van der Waals surface area contributed by atoms with E-state index in [0.717, 1.165) is 6.42 Å². The van der Waals surface area contributed by atoms with Crippen molar-refractivity contribution in [1.82, 2.24) is 0 Å². The third-order valence-corrected chi connectivity index (χ3v) is 7.79. The van der Waals surface area contributed by atoms with Crippen molar-refractivity contribution in [1.29, 1.82) is 0 Å². The van der Waals surface area contributed by atoms with E-state index in [1.54, 1.807) is 0 Å². The first-order chi connectivity index (χ1) is 6.20. The van der Waals surface area contributed by atoms with Crippen molar-refractivity contribution in [2.75, 3.05) is 13.2 Å². The lowest BCUT2D eigenvalue weighted by Crippen LogP contribution is -2.41. The van der Waals surface area contributed by atoms with Gasteiger partial charge in [-0.15, -0.1) is 11.6 Å². The minimum absolute atomic E-state index is 0.0302. The molecule has 0 aromatic carbocycles. The number of hydrogen-bond acceptors (Lipinski definition) is 2. The first-order valence-corrected chi connectivity index (χ1v) is 8.44. The molecule has 0 amide bonds. The van der Waals surface area contributed by atoms with E-state index < -0.39 is 8.32 Å². The van der Waals surface area contributed by atoms with Gasteiger partial charge in [-0.2, -0.15) is 0 Å². The second-order valence-corrected chi connectivity index (χ2v) is 10.6. The number of rotatable bonds is 5. The van der Waals surface area contributed by atoms with Gasteiger partial charge < -0.3 is 9.53 Å². The van der Waals surface area contributed by atoms with Crippen LogP contribution in [-0.4, -0.2) is 32.0 Å². The van der Waals surface area contributed by atoms with Gasteiger partial charge in [-0.3, -0.25) is 0 Å². The fourth-order valence-corrected chi connectivity index (χ4v) is 1.90. The van der Waals surface area contributed by atoms with Crippen LogP contribution >= 0.6 is 11.6 Å². The highest BCUT2D eigenvalue weighted by Crippen LogP contribution is 2.36. The molecular formula is C10H23ClO2Si. The lowest BCUT2D eigenvalue weighted by atomic mass is 10.2. The van der Waals surface area contributed by atoms with Crippen LogP contribution in [0.25, 0.3) is 0 Å². The molecule has 1 unspecified atom stereocenters. The van der Waals surface area contributed by atoms with E-state index in [0.29, 0.717) is 6.61 Å². The molecule has 0 saturated carbocycles. The van der Waals surface area contributed by atoms with Gasteiger partial charge in [0.2, 0.25) is 0 Å². The van der Waals surface area contributed by atoms with Crippen LogP contribution in [0.5, 0.6) is 0 Å². The van der Waals surface area contributed by atoms with E-state index in [9.17, 15) is 0 Å². The Morgan fingerprint density at radius 2 is 1.86 bits per heavy atom. The first-order valence-electron chi connectivity index (χ1n) is 5.09. The number of hydrogen-bond donors (Lipinski definition) is 1. The third kappa shape index (κ3) is 4.78. The normalized spacial score (nSPS) is 15.6. The quantitative estimate of drug-likeness (QED) is 0.590. The molecule has 14 heavy (non-hydrogen) atoms. The Balaban J connectivity index is 3.89. The molecule has 0 saturated heterocycles. The number of alkyl halides is 1. The molecule has 0 spiro atoms. The molecule has 0 radical (unpaired) electrons. The summed E-state index contributed by atoms with van der Waals surface area (Å²) in [5.74, 6) is 0. The van der Waals surface area contributed by atoms with E-state index in [4.69, 9.17) is 21.1 Å². The maximum absolute atomic E-state index is 8.75. The lowest BCUT2D eigenvalue weighted by molar-refractivity contribution is 0.245. The molecule has 1 atom stereocenters. The summed E-state index contributed by atoms with van der Waals surface area (Å²) in [7, 11) is -1.62. The summed E-state index contributed by atoms with van der Waals surface area (Å²) in [6, 6.07) is 0. The molecule has 86 valence electrons. The second kappa shape index (κ2) is 5.49. The van der Waals surface area contributed by atoms with Crippen molar-refractivity contribution >= 4 is 19.9 Å². The minimum atomic E-state index is -1.62. The zero-order valence-corrected chi connectivity index (χ0v) is 11.7. The van der Waals surface area contributed by atoms with E-state index in [-0.39, 0.29) is 17.0 Å². The van der Waals surface area contributed by atoms with Crippen molar-refractivity contribution in [3.63, 3.8) is 0 Å². The second-order valence-electron chi connectivity index (χ2n) is 5.18. The molecule has 0 aromatic rings. The van der Waals surface area contributed by atoms with Gasteiger partial charge in [-0.05, 0) is 24.6 Å². The Morgan fingerprint density at radius 1 is 1.36 bits per heavy atom. The van der Waals surface area contributed by atoms with Crippen molar-refractivity contribution < 1.29 is 9.53 Å². The molecular weight excluding hydrogens is 216 g/mol. The van der Waals surface area contributed by atoms with Crippen molar-refractivity contribution in [2.45, 2.75) is 50.7 Å². The van der Waals surface area contributed by atoms with E-state index in [1.807, 2.05) is 0 Å². The zero-order valence-electron chi connectivity index (χ0n) is 9.93. The molecule has 4 heteroatoms. The lowest BCUT2D eigenvalue weighted by Gasteiger charge is -2.36. The molecule has 1 N–H and O–H groups in total. The van der Waals surface area contributed by atoms with E-state index >= 15 is 0 Å². The summed E-state index contributed by atoms with van der Waals surface area (Å²) in [4.78, 5) is 0. The monoisotopic (exact) mass is 238 g/mol. The van der Waals surface area contributed by atoms with Crippen LogP contribution in [0.4, 0.5) is 0 Å². The van der Waals surface area contributed by atoms with Crippen LogP contribution < -0.4 is 0 Å².